The van der Waals surface area contributed by atoms with Gasteiger partial charge in [-0.25, -0.2) is 4.39 Å². The highest BCUT2D eigenvalue weighted by Crippen LogP contribution is 2.23. The number of hydrogen-bond donors (Lipinski definition) is 1. The average Bonchev–Trinajstić information content (AvgIpc) is 2.50. The molecular formula is C13H15FN2. The van der Waals surface area contributed by atoms with Crippen molar-refractivity contribution in [1.82, 2.24) is 5.43 Å². The molecule has 2 rings (SSSR count). The van der Waals surface area contributed by atoms with Crippen LogP contribution in [-0.2, 0) is 0 Å². The largest absolute Gasteiger partial charge is 0.282 e. The quantitative estimate of drug-likeness (QED) is 0.718. The molecule has 0 saturated carbocycles. The Kier molecular flexibility index (Phi) is 3.04. The maximum Gasteiger partial charge on any atom is 0.119 e. The summed E-state index contributed by atoms with van der Waals surface area (Å²) in [5, 5.41) is 4.29. The van der Waals surface area contributed by atoms with Crippen LogP contribution >= 0.6 is 0 Å². The van der Waals surface area contributed by atoms with Crippen molar-refractivity contribution >= 4 is 5.71 Å². The maximum atomic E-state index is 13.0. The van der Waals surface area contributed by atoms with Crippen LogP contribution < -0.4 is 5.43 Å². The normalized spacial score (nSPS) is 27.1. The van der Waals surface area contributed by atoms with Gasteiger partial charge in [-0.15, -0.1) is 0 Å². The number of halogens is 1. The second-order valence-corrected chi connectivity index (χ2v) is 3.89. The first-order chi connectivity index (χ1) is 7.72. The van der Waals surface area contributed by atoms with Gasteiger partial charge >= 0.3 is 0 Å². The molecule has 0 radical (unpaired) electrons. The van der Waals surface area contributed by atoms with E-state index in [9.17, 15) is 4.39 Å². The van der Waals surface area contributed by atoms with Crippen LogP contribution in [0.25, 0.3) is 0 Å². The molecule has 2 nitrogen and oxygen atoms in total. The highest BCUT2D eigenvalue weighted by Gasteiger charge is 2.23. The highest BCUT2D eigenvalue weighted by molar-refractivity contribution is 6.06. The molecule has 1 unspecified atom stereocenters. The Bertz CT molecular complexity index is 439. The Morgan fingerprint density at radius 3 is 2.94 bits per heavy atom. The standard InChI is InChI=1S/C13H15FN2/c1-3-12-9(2)13(16-15-12)10-5-4-6-11(14)8-7-10/h3,5-9,15H,4H2,1-2H3/b12-3+. The van der Waals surface area contributed by atoms with Crippen molar-refractivity contribution in [2.75, 3.05) is 0 Å². The van der Waals surface area contributed by atoms with Crippen LogP contribution in [0, 0.1) is 5.92 Å². The molecular weight excluding hydrogens is 203 g/mol. The molecule has 1 aliphatic carbocycles. The maximum absolute atomic E-state index is 13.0. The molecule has 1 heterocycles. The van der Waals surface area contributed by atoms with E-state index in [2.05, 4.69) is 17.5 Å². The summed E-state index contributed by atoms with van der Waals surface area (Å²) < 4.78 is 13.0. The van der Waals surface area contributed by atoms with E-state index in [1.54, 1.807) is 12.2 Å². The van der Waals surface area contributed by atoms with Crippen molar-refractivity contribution in [3.63, 3.8) is 0 Å². The molecule has 0 aromatic heterocycles. The van der Waals surface area contributed by atoms with Crippen molar-refractivity contribution in [2.24, 2.45) is 11.0 Å². The fourth-order valence-electron chi connectivity index (χ4n) is 1.89. The average molecular weight is 218 g/mol. The van der Waals surface area contributed by atoms with Crippen molar-refractivity contribution in [2.45, 2.75) is 20.3 Å². The molecule has 1 atom stereocenters. The van der Waals surface area contributed by atoms with Crippen LogP contribution in [0.4, 0.5) is 4.39 Å². The molecule has 0 aromatic carbocycles. The summed E-state index contributed by atoms with van der Waals surface area (Å²) in [6.07, 6.45) is 9.47. The van der Waals surface area contributed by atoms with Crippen LogP contribution in [0.5, 0.6) is 0 Å². The summed E-state index contributed by atoms with van der Waals surface area (Å²) in [6, 6.07) is 0. The van der Waals surface area contributed by atoms with Gasteiger partial charge in [0, 0.05) is 11.6 Å². The molecule has 1 aliphatic heterocycles. The van der Waals surface area contributed by atoms with Gasteiger partial charge in [-0.3, -0.25) is 5.43 Å². The lowest BCUT2D eigenvalue weighted by atomic mass is 9.96. The molecule has 0 bridgehead atoms. The second-order valence-electron chi connectivity index (χ2n) is 3.89. The van der Waals surface area contributed by atoms with Gasteiger partial charge in [0.1, 0.15) is 5.83 Å². The Morgan fingerprint density at radius 1 is 1.44 bits per heavy atom. The number of hydrogen-bond acceptors (Lipinski definition) is 2. The van der Waals surface area contributed by atoms with Gasteiger partial charge in [-0.05, 0) is 31.1 Å². The lowest BCUT2D eigenvalue weighted by Gasteiger charge is -2.07. The third kappa shape index (κ3) is 1.98. The first-order valence-corrected chi connectivity index (χ1v) is 5.46. The fourth-order valence-corrected chi connectivity index (χ4v) is 1.89. The molecule has 1 N–H and O–H groups in total. The second kappa shape index (κ2) is 4.47. The zero-order valence-corrected chi connectivity index (χ0v) is 9.50. The number of allylic oxidation sites excluding steroid dienone is 8. The van der Waals surface area contributed by atoms with E-state index in [1.165, 1.54) is 6.08 Å². The zero-order valence-electron chi connectivity index (χ0n) is 9.50. The smallest absolute Gasteiger partial charge is 0.119 e. The van der Waals surface area contributed by atoms with Gasteiger partial charge in [0.15, 0.2) is 0 Å². The van der Waals surface area contributed by atoms with Crippen molar-refractivity contribution < 1.29 is 4.39 Å². The van der Waals surface area contributed by atoms with Gasteiger partial charge in [-0.2, -0.15) is 5.10 Å². The molecule has 0 aromatic rings. The number of hydrazone groups is 1. The minimum Gasteiger partial charge on any atom is -0.282 e. The summed E-state index contributed by atoms with van der Waals surface area (Å²) in [6.45, 7) is 4.08. The molecule has 0 amide bonds. The Hall–Kier alpha value is -1.64. The molecule has 0 fully saturated rings. The van der Waals surface area contributed by atoms with Crippen LogP contribution in [-0.4, -0.2) is 5.71 Å². The van der Waals surface area contributed by atoms with Crippen LogP contribution in [0.3, 0.4) is 0 Å². The first kappa shape index (κ1) is 10.9. The molecule has 0 spiro atoms. The number of nitrogens with one attached hydrogen (secondary N) is 1. The molecule has 0 saturated heterocycles. The SMILES string of the molecule is C/C=C1/NN=C(C2=CCC=C(F)C=C2)C1C. The molecule has 84 valence electrons. The van der Waals surface area contributed by atoms with Crippen LogP contribution in [0.1, 0.15) is 20.3 Å². The van der Waals surface area contributed by atoms with Crippen LogP contribution in [0.15, 0.2) is 52.6 Å². The summed E-state index contributed by atoms with van der Waals surface area (Å²) >= 11 is 0. The van der Waals surface area contributed by atoms with Gasteiger partial charge in [-0.1, -0.05) is 25.2 Å². The zero-order chi connectivity index (χ0) is 11.5. The Labute approximate surface area is 94.9 Å². The number of nitrogens with zero attached hydrogens (tertiary/aromatic N) is 1. The highest BCUT2D eigenvalue weighted by atomic mass is 19.1. The van der Waals surface area contributed by atoms with Crippen molar-refractivity contribution in [1.29, 1.82) is 0 Å². The predicted octanol–water partition coefficient (Wildman–Crippen LogP) is 3.23. The van der Waals surface area contributed by atoms with E-state index in [-0.39, 0.29) is 11.7 Å². The molecule has 3 heteroatoms. The van der Waals surface area contributed by atoms with E-state index in [1.807, 2.05) is 19.1 Å². The third-order valence-electron chi connectivity index (χ3n) is 2.86. The van der Waals surface area contributed by atoms with Crippen molar-refractivity contribution in [3.8, 4) is 0 Å². The van der Waals surface area contributed by atoms with Gasteiger partial charge < -0.3 is 0 Å². The Morgan fingerprint density at radius 2 is 2.25 bits per heavy atom. The summed E-state index contributed by atoms with van der Waals surface area (Å²) in [5.41, 5.74) is 6.08. The predicted molar refractivity (Wildman–Crippen MR) is 64.5 cm³/mol. The Balaban J connectivity index is 2.22. The van der Waals surface area contributed by atoms with E-state index in [0.717, 1.165) is 17.0 Å². The van der Waals surface area contributed by atoms with Gasteiger partial charge in [0.05, 0.1) is 5.71 Å². The minimum atomic E-state index is -0.184. The third-order valence-corrected chi connectivity index (χ3v) is 2.86. The fraction of sp³-hybridized carbons (Fsp3) is 0.308. The summed E-state index contributed by atoms with van der Waals surface area (Å²) in [5.74, 6) is 0.0683. The van der Waals surface area contributed by atoms with E-state index >= 15 is 0 Å². The number of rotatable bonds is 1. The van der Waals surface area contributed by atoms with Gasteiger partial charge in [0.2, 0.25) is 0 Å². The van der Waals surface area contributed by atoms with Crippen LogP contribution in [0.2, 0.25) is 0 Å². The monoisotopic (exact) mass is 218 g/mol. The van der Waals surface area contributed by atoms with E-state index in [4.69, 9.17) is 0 Å². The van der Waals surface area contributed by atoms with Crippen molar-refractivity contribution in [3.05, 3.63) is 47.5 Å². The molecule has 2 aliphatic rings. The summed E-state index contributed by atoms with van der Waals surface area (Å²) in [4.78, 5) is 0. The van der Waals surface area contributed by atoms with E-state index < -0.39 is 0 Å². The first-order valence-electron chi connectivity index (χ1n) is 5.46. The molecule has 16 heavy (non-hydrogen) atoms. The lowest BCUT2D eigenvalue weighted by Crippen LogP contribution is -2.10. The van der Waals surface area contributed by atoms with E-state index in [0.29, 0.717) is 6.42 Å². The minimum absolute atomic E-state index is 0.184. The topological polar surface area (TPSA) is 24.4 Å². The van der Waals surface area contributed by atoms with Gasteiger partial charge in [0.25, 0.3) is 0 Å². The lowest BCUT2D eigenvalue weighted by molar-refractivity contribution is 0.663. The summed E-state index contributed by atoms with van der Waals surface area (Å²) in [7, 11) is 0.